The summed E-state index contributed by atoms with van der Waals surface area (Å²) in [6.45, 7) is 1.54. The molecule has 0 spiro atoms. The van der Waals surface area contributed by atoms with E-state index in [9.17, 15) is 9.59 Å². The highest BCUT2D eigenvalue weighted by Crippen LogP contribution is 2.23. The number of hydrogen-bond donors (Lipinski definition) is 1. The first-order valence-electron chi connectivity index (χ1n) is 9.22. The molecule has 0 radical (unpaired) electrons. The standard InChI is InChI=1S/C21H23N3O3/c1-23(14-17-5-4-10-27-17)21(26)16-11-20(25)24(13-16)9-8-15-12-22-19-7-3-2-6-18(15)19/h2-7,10,12,16,22H,8-9,11,13-14H2,1H3. The number of amides is 2. The van der Waals surface area contributed by atoms with Gasteiger partial charge in [0.25, 0.3) is 0 Å². The Kier molecular flexibility index (Phi) is 4.71. The van der Waals surface area contributed by atoms with E-state index in [1.165, 1.54) is 10.9 Å². The van der Waals surface area contributed by atoms with Crippen molar-refractivity contribution in [3.8, 4) is 0 Å². The molecular weight excluding hydrogens is 342 g/mol. The van der Waals surface area contributed by atoms with Crippen molar-refractivity contribution in [3.05, 3.63) is 60.2 Å². The SMILES string of the molecule is CN(Cc1ccco1)C(=O)C1CC(=O)N(CCc2c[nH]c3ccccc23)C1. The number of hydrogen-bond acceptors (Lipinski definition) is 3. The summed E-state index contributed by atoms with van der Waals surface area (Å²) < 4.78 is 5.30. The van der Waals surface area contributed by atoms with Crippen LogP contribution in [0.2, 0.25) is 0 Å². The van der Waals surface area contributed by atoms with E-state index >= 15 is 0 Å². The van der Waals surface area contributed by atoms with Gasteiger partial charge in [-0.3, -0.25) is 9.59 Å². The predicted octanol–water partition coefficient (Wildman–Crippen LogP) is 2.81. The van der Waals surface area contributed by atoms with Crippen LogP contribution in [0.15, 0.2) is 53.3 Å². The topological polar surface area (TPSA) is 69.6 Å². The first-order chi connectivity index (χ1) is 13.1. The van der Waals surface area contributed by atoms with Crippen molar-refractivity contribution in [2.75, 3.05) is 20.1 Å². The lowest BCUT2D eigenvalue weighted by Gasteiger charge is -2.20. The van der Waals surface area contributed by atoms with Crippen LogP contribution >= 0.6 is 0 Å². The van der Waals surface area contributed by atoms with Gasteiger partial charge in [-0.05, 0) is 30.2 Å². The maximum absolute atomic E-state index is 12.7. The van der Waals surface area contributed by atoms with Crippen LogP contribution in [0.5, 0.6) is 0 Å². The number of nitrogens with one attached hydrogen (secondary N) is 1. The Hall–Kier alpha value is -3.02. The maximum atomic E-state index is 12.7. The number of nitrogens with zero attached hydrogens (tertiary/aromatic N) is 2. The van der Waals surface area contributed by atoms with Gasteiger partial charge >= 0.3 is 0 Å². The number of carbonyl (C=O) groups is 2. The van der Waals surface area contributed by atoms with Crippen LogP contribution in [-0.2, 0) is 22.6 Å². The molecule has 1 aromatic carbocycles. The quantitative estimate of drug-likeness (QED) is 0.730. The maximum Gasteiger partial charge on any atom is 0.228 e. The van der Waals surface area contributed by atoms with Crippen LogP contribution in [0.3, 0.4) is 0 Å². The number of H-pyrrole nitrogens is 1. The first-order valence-corrected chi connectivity index (χ1v) is 9.22. The number of carbonyl (C=O) groups excluding carboxylic acids is 2. The summed E-state index contributed by atoms with van der Waals surface area (Å²) in [6.07, 6.45) is 4.66. The van der Waals surface area contributed by atoms with Crippen LogP contribution in [0.4, 0.5) is 0 Å². The minimum atomic E-state index is -0.277. The average Bonchev–Trinajstić information content (AvgIpc) is 3.40. The van der Waals surface area contributed by atoms with Crippen molar-refractivity contribution in [2.45, 2.75) is 19.4 Å². The van der Waals surface area contributed by atoms with Crippen LogP contribution in [0.25, 0.3) is 10.9 Å². The number of aromatic nitrogens is 1. The Morgan fingerprint density at radius 3 is 2.96 bits per heavy atom. The van der Waals surface area contributed by atoms with Crippen molar-refractivity contribution < 1.29 is 14.0 Å². The molecule has 1 aliphatic heterocycles. The monoisotopic (exact) mass is 365 g/mol. The van der Waals surface area contributed by atoms with E-state index in [1.54, 1.807) is 24.3 Å². The Morgan fingerprint density at radius 2 is 2.15 bits per heavy atom. The summed E-state index contributed by atoms with van der Waals surface area (Å²) in [5.41, 5.74) is 2.30. The molecule has 1 N–H and O–H groups in total. The lowest BCUT2D eigenvalue weighted by atomic mass is 10.1. The minimum absolute atomic E-state index is 0.00524. The fourth-order valence-corrected chi connectivity index (χ4v) is 3.77. The molecule has 6 heteroatoms. The fourth-order valence-electron chi connectivity index (χ4n) is 3.77. The van der Waals surface area contributed by atoms with E-state index in [2.05, 4.69) is 11.1 Å². The van der Waals surface area contributed by atoms with E-state index in [-0.39, 0.29) is 24.2 Å². The number of fused-ring (bicyclic) bond motifs is 1. The van der Waals surface area contributed by atoms with Gasteiger partial charge in [-0.25, -0.2) is 0 Å². The molecule has 0 bridgehead atoms. The Labute approximate surface area is 157 Å². The molecule has 1 unspecified atom stereocenters. The van der Waals surface area contributed by atoms with Crippen molar-refractivity contribution in [1.29, 1.82) is 0 Å². The Bertz CT molecular complexity index is 945. The second kappa shape index (κ2) is 7.31. The van der Waals surface area contributed by atoms with Crippen LogP contribution in [-0.4, -0.2) is 46.7 Å². The molecule has 140 valence electrons. The van der Waals surface area contributed by atoms with E-state index in [0.717, 1.165) is 17.7 Å². The summed E-state index contributed by atoms with van der Waals surface area (Å²) in [7, 11) is 1.75. The molecule has 6 nitrogen and oxygen atoms in total. The second-order valence-corrected chi connectivity index (χ2v) is 7.12. The molecule has 3 aromatic rings. The van der Waals surface area contributed by atoms with Crippen molar-refractivity contribution in [1.82, 2.24) is 14.8 Å². The van der Waals surface area contributed by atoms with Gasteiger partial charge < -0.3 is 19.2 Å². The van der Waals surface area contributed by atoms with Gasteiger partial charge in [-0.1, -0.05) is 18.2 Å². The zero-order chi connectivity index (χ0) is 18.8. The lowest BCUT2D eigenvalue weighted by Crippen LogP contribution is -2.34. The summed E-state index contributed by atoms with van der Waals surface area (Å²) in [5.74, 6) is 0.515. The minimum Gasteiger partial charge on any atom is -0.467 e. The number of rotatable bonds is 6. The van der Waals surface area contributed by atoms with Gasteiger partial charge in [0.05, 0.1) is 18.7 Å². The van der Waals surface area contributed by atoms with Crippen molar-refractivity contribution in [3.63, 3.8) is 0 Å². The zero-order valence-electron chi connectivity index (χ0n) is 15.4. The fraction of sp³-hybridized carbons (Fsp3) is 0.333. The van der Waals surface area contributed by atoms with Gasteiger partial charge in [0.15, 0.2) is 0 Å². The molecule has 1 aliphatic rings. The highest BCUT2D eigenvalue weighted by molar-refractivity contribution is 5.89. The predicted molar refractivity (Wildman–Crippen MR) is 102 cm³/mol. The van der Waals surface area contributed by atoms with E-state index in [1.807, 2.05) is 35.4 Å². The number of benzene rings is 1. The van der Waals surface area contributed by atoms with E-state index in [4.69, 9.17) is 4.42 Å². The van der Waals surface area contributed by atoms with E-state index in [0.29, 0.717) is 19.6 Å². The largest absolute Gasteiger partial charge is 0.467 e. The second-order valence-electron chi connectivity index (χ2n) is 7.12. The zero-order valence-corrected chi connectivity index (χ0v) is 15.4. The summed E-state index contributed by atoms with van der Waals surface area (Å²) in [6, 6.07) is 11.8. The normalized spacial score (nSPS) is 17.0. The highest BCUT2D eigenvalue weighted by Gasteiger charge is 2.35. The summed E-state index contributed by atoms with van der Waals surface area (Å²) in [4.78, 5) is 31.8. The summed E-state index contributed by atoms with van der Waals surface area (Å²) in [5, 5.41) is 1.19. The third-order valence-electron chi connectivity index (χ3n) is 5.24. The molecule has 1 fully saturated rings. The first kappa shape index (κ1) is 17.4. The molecule has 27 heavy (non-hydrogen) atoms. The molecule has 0 saturated carbocycles. The molecule has 1 atom stereocenters. The van der Waals surface area contributed by atoms with E-state index < -0.39 is 0 Å². The molecule has 0 aliphatic carbocycles. The smallest absolute Gasteiger partial charge is 0.228 e. The average molecular weight is 365 g/mol. The third kappa shape index (κ3) is 3.60. The van der Waals surface area contributed by atoms with Gasteiger partial charge in [0.2, 0.25) is 11.8 Å². The van der Waals surface area contributed by atoms with Crippen LogP contribution in [0.1, 0.15) is 17.7 Å². The molecular formula is C21H23N3O3. The number of para-hydroxylation sites is 1. The van der Waals surface area contributed by atoms with Gasteiger partial charge in [-0.15, -0.1) is 0 Å². The molecule has 2 aromatic heterocycles. The Balaban J connectivity index is 1.35. The molecule has 1 saturated heterocycles. The van der Waals surface area contributed by atoms with Gasteiger partial charge in [0.1, 0.15) is 5.76 Å². The molecule has 3 heterocycles. The number of aromatic amines is 1. The van der Waals surface area contributed by atoms with Crippen molar-refractivity contribution in [2.24, 2.45) is 5.92 Å². The van der Waals surface area contributed by atoms with Gasteiger partial charge in [-0.2, -0.15) is 0 Å². The van der Waals surface area contributed by atoms with Crippen LogP contribution in [0, 0.1) is 5.92 Å². The molecule has 4 rings (SSSR count). The third-order valence-corrected chi connectivity index (χ3v) is 5.24. The van der Waals surface area contributed by atoms with Crippen LogP contribution < -0.4 is 0 Å². The number of likely N-dealkylation sites (tertiary alicyclic amines) is 1. The highest BCUT2D eigenvalue weighted by atomic mass is 16.3. The lowest BCUT2D eigenvalue weighted by molar-refractivity contribution is -0.135. The Morgan fingerprint density at radius 1 is 1.30 bits per heavy atom. The van der Waals surface area contributed by atoms with Gasteiger partial charge in [0, 0.05) is 43.7 Å². The summed E-state index contributed by atoms with van der Waals surface area (Å²) >= 11 is 0. The number of furan rings is 1. The van der Waals surface area contributed by atoms with Crippen molar-refractivity contribution >= 4 is 22.7 Å². The molecule has 2 amide bonds.